The van der Waals surface area contributed by atoms with Crippen molar-refractivity contribution in [2.45, 2.75) is 194 Å². The maximum absolute atomic E-state index is 13.2. The number of nitrogens with one attached hydrogen (secondary N) is 2. The highest BCUT2D eigenvalue weighted by atomic mass is 16.6. The predicted octanol–water partition coefficient (Wildman–Crippen LogP) is 8.13. The lowest BCUT2D eigenvalue weighted by Gasteiger charge is -2.63. The number of carbonyl (C=O) groups is 6. The minimum absolute atomic E-state index is 0.0133. The normalized spacial score (nSPS) is 46.4. The Morgan fingerprint density at radius 2 is 0.948 bits per heavy atom. The van der Waals surface area contributed by atoms with Gasteiger partial charge >= 0.3 is 23.9 Å². The lowest BCUT2D eigenvalue weighted by Crippen LogP contribution is -2.62. The van der Waals surface area contributed by atoms with Crippen LogP contribution in [-0.2, 0) is 38.1 Å². The van der Waals surface area contributed by atoms with Gasteiger partial charge in [-0.1, -0.05) is 41.5 Å². The maximum atomic E-state index is 13.2. The van der Waals surface area contributed by atoms with Crippen LogP contribution in [0.15, 0.2) is 24.3 Å². The summed E-state index contributed by atoms with van der Waals surface area (Å²) >= 11 is 0. The monoisotopic (exact) mass is 1070 g/mol. The molecule has 8 saturated carbocycles. The van der Waals surface area contributed by atoms with Crippen molar-refractivity contribution in [1.29, 1.82) is 0 Å². The zero-order valence-electron chi connectivity index (χ0n) is 46.8. The fourth-order valence-electron chi connectivity index (χ4n) is 19.8. The van der Waals surface area contributed by atoms with Crippen LogP contribution >= 0.6 is 0 Å². The first-order valence-electron chi connectivity index (χ1n) is 30.1. The quantitative estimate of drug-likeness (QED) is 0.122. The fraction of sp³-hybridized carbons (Fsp3) is 0.806. The van der Waals surface area contributed by atoms with Gasteiger partial charge in [0.2, 0.25) is 11.8 Å². The van der Waals surface area contributed by atoms with Crippen molar-refractivity contribution in [2.75, 3.05) is 26.3 Å². The average molecular weight is 1070 g/mol. The first kappa shape index (κ1) is 56.2. The highest BCUT2D eigenvalue weighted by Crippen LogP contribution is 2.70. The highest BCUT2D eigenvalue weighted by molar-refractivity contribution is 5.94. The number of fused-ring (bicyclic) bond motifs is 1. The van der Waals surface area contributed by atoms with Gasteiger partial charge in [-0.05, 0) is 226 Å². The molecule has 8 heterocycles. The van der Waals surface area contributed by atoms with E-state index >= 15 is 0 Å². The third-order valence-corrected chi connectivity index (χ3v) is 24.0. The lowest BCUT2D eigenvalue weighted by molar-refractivity contribution is -0.209. The van der Waals surface area contributed by atoms with Crippen LogP contribution in [0.25, 0.3) is 0 Å². The minimum atomic E-state index is -0.758. The molecular weight excluding hydrogens is 981 g/mol. The SMILES string of the molecule is C[C@@H]1CCC(=O)NCCNC(=O)CC[C@@H](C)[C@H]2CC[C@H]3[C@@H]4[C@H](O)CC5C[C@@H](CC[C@]5(C)[C@H]4C[C@H](O)[C@]23C)OC(=O)COC(=O)c2ccc(cc2)C(=O)OCC(=O)O[C@@H]2CC[C@@]3(C)C(CC[C@H]4[C@@H]5CC[C@H]1[C@@]5(C)[C@@H](O)C[C@@H]43)C2. The Balaban J connectivity index is 0.791. The number of hydrogen-bond acceptors (Lipinski definition) is 13. The number of amides is 2. The molecule has 1 aromatic rings. The topological polar surface area (TPSA) is 224 Å². The van der Waals surface area contributed by atoms with Crippen LogP contribution in [0.4, 0.5) is 0 Å². The van der Waals surface area contributed by atoms with Gasteiger partial charge < -0.3 is 44.9 Å². The van der Waals surface area contributed by atoms with Crippen molar-refractivity contribution in [3.63, 3.8) is 0 Å². The number of esters is 4. The predicted molar refractivity (Wildman–Crippen MR) is 284 cm³/mol. The molecule has 426 valence electrons. The molecule has 8 fully saturated rings. The summed E-state index contributed by atoms with van der Waals surface area (Å²) in [6, 6.07) is 5.62. The van der Waals surface area contributed by atoms with Gasteiger partial charge in [0.25, 0.3) is 0 Å². The van der Waals surface area contributed by atoms with E-state index in [1.54, 1.807) is 0 Å². The third kappa shape index (κ3) is 10.4. The number of carbonyl (C=O) groups excluding carboxylic acids is 6. The van der Waals surface area contributed by atoms with E-state index in [1.165, 1.54) is 24.3 Å². The van der Waals surface area contributed by atoms with Gasteiger partial charge in [0.15, 0.2) is 13.2 Å². The van der Waals surface area contributed by atoms with Crippen molar-refractivity contribution in [1.82, 2.24) is 10.6 Å². The first-order valence-corrected chi connectivity index (χ1v) is 30.1. The Morgan fingerprint density at radius 1 is 0.494 bits per heavy atom. The molecule has 0 radical (unpaired) electrons. The van der Waals surface area contributed by atoms with Crippen LogP contribution in [0.1, 0.15) is 184 Å². The molecule has 16 aliphatic rings. The molecule has 77 heavy (non-hydrogen) atoms. The summed E-state index contributed by atoms with van der Waals surface area (Å²) in [5.74, 6) is 0.130. The molecule has 0 saturated heterocycles. The molecule has 8 aliphatic heterocycles. The summed E-state index contributed by atoms with van der Waals surface area (Å²) in [4.78, 5) is 78.7. The molecule has 21 atom stereocenters. The van der Waals surface area contributed by atoms with Crippen LogP contribution in [0, 0.1) is 92.7 Å². The third-order valence-electron chi connectivity index (χ3n) is 24.0. The molecule has 8 aliphatic carbocycles. The van der Waals surface area contributed by atoms with E-state index < -0.39 is 66.9 Å². The second-order valence-electron chi connectivity index (χ2n) is 27.3. The second kappa shape index (κ2) is 22.1. The smallest absolute Gasteiger partial charge is 0.344 e. The number of hydrogen-bond donors (Lipinski definition) is 5. The molecule has 17 rings (SSSR count). The number of aliphatic hydroxyl groups is 3. The van der Waals surface area contributed by atoms with E-state index in [0.29, 0.717) is 94.0 Å². The molecule has 18 bridgehead atoms. The maximum Gasteiger partial charge on any atom is 0.344 e. The molecular formula is C62H90N2O13. The summed E-state index contributed by atoms with van der Waals surface area (Å²) in [7, 11) is 0. The molecule has 15 heteroatoms. The molecule has 0 aromatic heterocycles. The summed E-state index contributed by atoms with van der Waals surface area (Å²) in [5.41, 5.74) is -0.500. The Morgan fingerprint density at radius 3 is 1.48 bits per heavy atom. The largest absolute Gasteiger partial charge is 0.460 e. The standard InChI is InChI=1S/C62H90N2O13/c1-34-7-19-52(68)63-25-26-64-53(69)20-8-35(2)44-16-18-46-56-48(31-51(67)62(44,46)6)60(4)24-22-41(28-39(60)29-49(56)65)77-55(71)33-75-58(73)37-11-9-36(10-12-37)57(72)74-32-54(70)76-40-21-23-59(3)38(27-40)13-14-42-45-17-15-43(34)61(45,5)50(66)30-47(42)59/h9-12,34-35,38-51,56,65-67H,7-8,13-33H2,1-6H3,(H,63,68)(H,64,69)/t34-,35-,38?,39?,40-,41-,42+,43-,44-,45+,46+,47+,48+,49-,50+,51+,56+,59+,60+,61-,62-/m1/s1. The van der Waals surface area contributed by atoms with Gasteiger partial charge in [-0.15, -0.1) is 0 Å². The molecule has 5 N–H and O–H groups in total. The average Bonchev–Trinajstić information content (AvgIpc) is 4.01. The number of benzene rings is 1. The van der Waals surface area contributed by atoms with Crippen molar-refractivity contribution in [3.8, 4) is 0 Å². The zero-order valence-corrected chi connectivity index (χ0v) is 46.8. The first-order chi connectivity index (χ1) is 36.6. The lowest BCUT2D eigenvalue weighted by atomic mass is 9.43. The Labute approximate surface area is 456 Å². The summed E-state index contributed by atoms with van der Waals surface area (Å²) in [6.07, 6.45) is 12.3. The number of ether oxygens (including phenoxy) is 4. The fourth-order valence-corrected chi connectivity index (χ4v) is 19.8. The minimum Gasteiger partial charge on any atom is -0.460 e. The molecule has 2 amide bonds. The van der Waals surface area contributed by atoms with Crippen LogP contribution < -0.4 is 10.6 Å². The summed E-state index contributed by atoms with van der Waals surface area (Å²) in [6.45, 7) is 13.3. The second-order valence-corrected chi connectivity index (χ2v) is 27.3. The van der Waals surface area contributed by atoms with Crippen LogP contribution in [0.5, 0.6) is 0 Å². The number of rotatable bonds is 0. The van der Waals surface area contributed by atoms with Crippen molar-refractivity contribution in [2.24, 2.45) is 92.7 Å². The molecule has 0 spiro atoms. The van der Waals surface area contributed by atoms with Gasteiger partial charge in [0.05, 0.1) is 29.4 Å². The van der Waals surface area contributed by atoms with Gasteiger partial charge in [-0.25, -0.2) is 19.2 Å². The van der Waals surface area contributed by atoms with E-state index in [9.17, 15) is 44.1 Å². The van der Waals surface area contributed by atoms with Gasteiger partial charge in [0, 0.05) is 25.9 Å². The van der Waals surface area contributed by atoms with E-state index in [4.69, 9.17) is 18.9 Å². The number of aliphatic hydroxyl groups excluding tert-OH is 3. The van der Waals surface area contributed by atoms with Crippen molar-refractivity contribution in [3.05, 3.63) is 35.4 Å². The van der Waals surface area contributed by atoms with Crippen molar-refractivity contribution >= 4 is 35.7 Å². The van der Waals surface area contributed by atoms with Crippen molar-refractivity contribution < 1.29 is 63.0 Å². The van der Waals surface area contributed by atoms with Crippen LogP contribution in [0.2, 0.25) is 0 Å². The summed E-state index contributed by atoms with van der Waals surface area (Å²) in [5, 5.41) is 42.5. The Bertz CT molecular complexity index is 2380. The van der Waals surface area contributed by atoms with E-state index in [1.807, 2.05) is 0 Å². The molecule has 1 aromatic carbocycles. The van der Waals surface area contributed by atoms with Gasteiger partial charge in [0.1, 0.15) is 12.2 Å². The van der Waals surface area contributed by atoms with Crippen LogP contribution in [-0.4, -0.2) is 108 Å². The summed E-state index contributed by atoms with van der Waals surface area (Å²) < 4.78 is 22.5. The van der Waals surface area contributed by atoms with Gasteiger partial charge in [-0.2, -0.15) is 0 Å². The Kier molecular flexibility index (Phi) is 16.1. The highest BCUT2D eigenvalue weighted by Gasteiger charge is 2.67. The zero-order chi connectivity index (χ0) is 54.8. The van der Waals surface area contributed by atoms with E-state index in [0.717, 1.165) is 70.6 Å². The van der Waals surface area contributed by atoms with E-state index in [-0.39, 0.29) is 86.7 Å². The molecule has 15 nitrogen and oxygen atoms in total. The van der Waals surface area contributed by atoms with Crippen LogP contribution in [0.3, 0.4) is 0 Å². The Hall–Kier alpha value is -4.08. The van der Waals surface area contributed by atoms with Gasteiger partial charge in [-0.3, -0.25) is 9.59 Å². The van der Waals surface area contributed by atoms with E-state index in [2.05, 4.69) is 52.2 Å². The molecule has 2 unspecified atom stereocenters.